The average molecular weight is 231 g/mol. The fourth-order valence-corrected chi connectivity index (χ4v) is 2.73. The summed E-state index contributed by atoms with van der Waals surface area (Å²) in [6.07, 6.45) is 6.46. The van der Waals surface area contributed by atoms with E-state index < -0.39 is 0 Å². The molecule has 0 spiro atoms. The lowest BCUT2D eigenvalue weighted by atomic mass is 9.77. The van der Waals surface area contributed by atoms with Crippen LogP contribution in [0.5, 0.6) is 0 Å². The third-order valence-electron chi connectivity index (χ3n) is 3.71. The van der Waals surface area contributed by atoms with Gasteiger partial charge in [-0.3, -0.25) is 0 Å². The van der Waals surface area contributed by atoms with Gasteiger partial charge in [0, 0.05) is 0 Å². The van der Waals surface area contributed by atoms with E-state index >= 15 is 0 Å². The van der Waals surface area contributed by atoms with Gasteiger partial charge < -0.3 is 0 Å². The maximum Gasteiger partial charge on any atom is 0.0991 e. The second-order valence-corrected chi connectivity index (χ2v) is 4.91. The number of benzene rings is 1. The van der Waals surface area contributed by atoms with Crippen molar-refractivity contribution in [3.8, 4) is 6.07 Å². The van der Waals surface area contributed by atoms with Crippen LogP contribution >= 0.6 is 0 Å². The van der Waals surface area contributed by atoms with Crippen molar-refractivity contribution in [2.75, 3.05) is 0 Å². The molecule has 1 nitrogen and oxygen atoms in total. The zero-order chi connectivity index (χ0) is 15.6. The Hall–Kier alpha value is -1.29. The van der Waals surface area contributed by atoms with Gasteiger partial charge in [-0.2, -0.15) is 5.26 Å². The molecule has 1 heteroatoms. The molecule has 0 bridgehead atoms. The van der Waals surface area contributed by atoms with Crippen LogP contribution in [0.4, 0.5) is 0 Å². The topological polar surface area (TPSA) is 23.8 Å². The first kappa shape index (κ1) is 7.93. The molecule has 0 saturated heterocycles. The normalized spacial score (nSPS) is 27.5. The predicted molar refractivity (Wildman–Crippen MR) is 70.8 cm³/mol. The van der Waals surface area contributed by atoms with E-state index in [9.17, 15) is 0 Å². The second-order valence-electron chi connectivity index (χ2n) is 4.91. The van der Waals surface area contributed by atoms with Gasteiger partial charge in [0.1, 0.15) is 0 Å². The summed E-state index contributed by atoms with van der Waals surface area (Å²) < 4.78 is 32.0. The van der Waals surface area contributed by atoms with Gasteiger partial charge in [0.25, 0.3) is 0 Å². The minimum atomic E-state index is -0.191. The standard InChI is InChI=1S/C16H21N/c1-2-3-13-4-8-15(9-5-13)16-10-6-14(12-17)7-11-16/h6-7,10-11,13,15H,2-5,8-9H2,1H3/i6D,7D,10D,11D. The fraction of sp³-hybridized carbons (Fsp3) is 0.562. The van der Waals surface area contributed by atoms with Crippen molar-refractivity contribution in [1.82, 2.24) is 0 Å². The van der Waals surface area contributed by atoms with Crippen molar-refractivity contribution < 1.29 is 5.48 Å². The Morgan fingerprint density at radius 3 is 2.41 bits per heavy atom. The minimum Gasteiger partial charge on any atom is -0.192 e. The quantitative estimate of drug-likeness (QED) is 0.744. The first-order chi connectivity index (χ1) is 10.0. The van der Waals surface area contributed by atoms with Gasteiger partial charge in [0.2, 0.25) is 0 Å². The summed E-state index contributed by atoms with van der Waals surface area (Å²) in [5.74, 6) is 0.831. The molecule has 0 radical (unpaired) electrons. The highest BCUT2D eigenvalue weighted by atomic mass is 14.3. The summed E-state index contributed by atoms with van der Waals surface area (Å²) in [5.41, 5.74) is 0.368. The molecule has 1 aliphatic rings. The Balaban J connectivity index is 2.32. The average Bonchev–Trinajstić information content (AvgIpc) is 2.48. The number of hydrogen-bond acceptors (Lipinski definition) is 1. The van der Waals surface area contributed by atoms with E-state index in [0.717, 1.165) is 31.6 Å². The molecule has 17 heavy (non-hydrogen) atoms. The molecule has 1 saturated carbocycles. The lowest BCUT2D eigenvalue weighted by Crippen LogP contribution is -2.13. The maximum absolute atomic E-state index is 8.99. The third kappa shape index (κ3) is 3.09. The van der Waals surface area contributed by atoms with Crippen LogP contribution in [0.2, 0.25) is 0 Å². The largest absolute Gasteiger partial charge is 0.192 e. The number of rotatable bonds is 3. The van der Waals surface area contributed by atoms with Crippen molar-refractivity contribution in [2.24, 2.45) is 5.92 Å². The van der Waals surface area contributed by atoms with Crippen molar-refractivity contribution in [1.29, 1.82) is 5.26 Å². The summed E-state index contributed by atoms with van der Waals surface area (Å²) in [4.78, 5) is 0. The summed E-state index contributed by atoms with van der Waals surface area (Å²) >= 11 is 0. The molecule has 2 rings (SSSR count). The summed E-state index contributed by atoms with van der Waals surface area (Å²) in [5, 5.41) is 8.99. The van der Waals surface area contributed by atoms with Gasteiger partial charge in [-0.05, 0) is 55.2 Å². The molecule has 1 aromatic rings. The number of hydrogen-bond donors (Lipinski definition) is 0. The fourth-order valence-electron chi connectivity index (χ4n) is 2.73. The van der Waals surface area contributed by atoms with Gasteiger partial charge >= 0.3 is 0 Å². The Morgan fingerprint density at radius 1 is 1.24 bits per heavy atom. The first-order valence-corrected chi connectivity index (χ1v) is 6.51. The molecule has 0 atom stereocenters. The molecule has 0 aliphatic heterocycles. The lowest BCUT2D eigenvalue weighted by Gasteiger charge is -2.28. The number of nitriles is 1. The Kier molecular flexibility index (Phi) is 2.74. The minimum absolute atomic E-state index is 0.0218. The van der Waals surface area contributed by atoms with Crippen LogP contribution in [0.15, 0.2) is 24.2 Å². The van der Waals surface area contributed by atoms with Crippen molar-refractivity contribution in [3.63, 3.8) is 0 Å². The maximum atomic E-state index is 8.99. The Labute approximate surface area is 110 Å². The molecule has 90 valence electrons. The van der Waals surface area contributed by atoms with Crippen molar-refractivity contribution in [2.45, 2.75) is 51.4 Å². The highest BCUT2D eigenvalue weighted by Crippen LogP contribution is 2.37. The van der Waals surface area contributed by atoms with E-state index in [1.54, 1.807) is 6.07 Å². The molecule has 0 aromatic heterocycles. The van der Waals surface area contributed by atoms with E-state index in [-0.39, 0.29) is 35.7 Å². The van der Waals surface area contributed by atoms with Crippen molar-refractivity contribution in [3.05, 3.63) is 35.3 Å². The molecule has 0 amide bonds. The SMILES string of the molecule is [2H]c1c([2H])c(C2CCC(CCC)CC2)c([2H])c([2H])c1C#N. The summed E-state index contributed by atoms with van der Waals surface area (Å²) in [6.45, 7) is 2.19. The second kappa shape index (κ2) is 5.87. The summed E-state index contributed by atoms with van der Waals surface area (Å²) in [6, 6.07) is 1.36. The van der Waals surface area contributed by atoms with Gasteiger partial charge in [0.15, 0.2) is 0 Å². The van der Waals surface area contributed by atoms with Crippen LogP contribution in [-0.4, -0.2) is 0 Å². The molecule has 0 unspecified atom stereocenters. The van der Waals surface area contributed by atoms with Crippen LogP contribution < -0.4 is 0 Å². The molecule has 1 aromatic carbocycles. The Bertz CT molecular complexity index is 540. The van der Waals surface area contributed by atoms with Gasteiger partial charge in [0.05, 0.1) is 17.1 Å². The zero-order valence-electron chi connectivity index (χ0n) is 14.3. The van der Waals surface area contributed by atoms with E-state index in [1.807, 2.05) is 0 Å². The highest BCUT2D eigenvalue weighted by molar-refractivity contribution is 5.33. The monoisotopic (exact) mass is 231 g/mol. The zero-order valence-corrected chi connectivity index (χ0v) is 10.3. The molecular weight excluding hydrogens is 206 g/mol. The first-order valence-electron chi connectivity index (χ1n) is 8.51. The number of nitrogens with zero attached hydrogens (tertiary/aromatic N) is 1. The van der Waals surface area contributed by atoms with E-state index in [4.69, 9.17) is 10.7 Å². The smallest absolute Gasteiger partial charge is 0.0991 e. The van der Waals surface area contributed by atoms with Crippen LogP contribution in [0.25, 0.3) is 0 Å². The summed E-state index contributed by atoms with van der Waals surface area (Å²) in [7, 11) is 0. The highest BCUT2D eigenvalue weighted by Gasteiger charge is 2.21. The van der Waals surface area contributed by atoms with Crippen LogP contribution in [0, 0.1) is 17.2 Å². The van der Waals surface area contributed by atoms with Crippen LogP contribution in [0.3, 0.4) is 0 Å². The molecule has 0 heterocycles. The van der Waals surface area contributed by atoms with Crippen molar-refractivity contribution >= 4 is 0 Å². The molecular formula is C16H21N. The van der Waals surface area contributed by atoms with E-state index in [1.165, 1.54) is 12.8 Å². The predicted octanol–water partition coefficient (Wildman–Crippen LogP) is 4.63. The molecule has 1 aliphatic carbocycles. The van der Waals surface area contributed by atoms with E-state index in [0.29, 0.717) is 5.56 Å². The van der Waals surface area contributed by atoms with Crippen LogP contribution in [-0.2, 0) is 0 Å². The van der Waals surface area contributed by atoms with Gasteiger partial charge in [-0.15, -0.1) is 0 Å². The van der Waals surface area contributed by atoms with Gasteiger partial charge in [-0.1, -0.05) is 31.9 Å². The molecule has 1 fully saturated rings. The van der Waals surface area contributed by atoms with Gasteiger partial charge in [-0.25, -0.2) is 0 Å². The third-order valence-corrected chi connectivity index (χ3v) is 3.71. The molecule has 0 N–H and O–H groups in total. The van der Waals surface area contributed by atoms with E-state index in [2.05, 4.69) is 6.92 Å². The lowest BCUT2D eigenvalue weighted by molar-refractivity contribution is 0.308. The Morgan fingerprint density at radius 2 is 1.88 bits per heavy atom. The van der Waals surface area contributed by atoms with Crippen LogP contribution in [0.1, 0.15) is 68.0 Å².